The fourth-order valence-electron chi connectivity index (χ4n) is 1.60. The van der Waals surface area contributed by atoms with E-state index in [1.807, 2.05) is 24.3 Å². The number of rotatable bonds is 5. The van der Waals surface area contributed by atoms with E-state index in [0.29, 0.717) is 5.75 Å². The van der Waals surface area contributed by atoms with Crippen molar-refractivity contribution in [1.82, 2.24) is 9.78 Å². The van der Waals surface area contributed by atoms with Gasteiger partial charge in [0.25, 0.3) is 0 Å². The highest BCUT2D eigenvalue weighted by atomic mass is 35.5. The second kappa shape index (κ2) is 5.75. The summed E-state index contributed by atoms with van der Waals surface area (Å²) in [7, 11) is 0. The van der Waals surface area contributed by atoms with E-state index in [2.05, 4.69) is 12.0 Å². The molecule has 2 aromatic rings. The molecule has 2 rings (SSSR count). The highest BCUT2D eigenvalue weighted by Crippen LogP contribution is 2.16. The van der Waals surface area contributed by atoms with Crippen molar-refractivity contribution >= 4 is 17.6 Å². The Balaban J connectivity index is 2.06. The number of carboxylic acids is 1. The van der Waals surface area contributed by atoms with Crippen molar-refractivity contribution in [2.45, 2.75) is 20.1 Å². The van der Waals surface area contributed by atoms with E-state index in [4.69, 9.17) is 21.4 Å². The van der Waals surface area contributed by atoms with Crippen LogP contribution in [-0.2, 0) is 13.2 Å². The smallest absolute Gasteiger partial charge is 0.357 e. The molecule has 0 amide bonds. The first-order valence-corrected chi connectivity index (χ1v) is 6.16. The van der Waals surface area contributed by atoms with Gasteiger partial charge in [-0.1, -0.05) is 30.7 Å². The Labute approximate surface area is 115 Å². The molecule has 0 spiro atoms. The molecule has 0 aliphatic heterocycles. The predicted molar refractivity (Wildman–Crippen MR) is 70.6 cm³/mol. The summed E-state index contributed by atoms with van der Waals surface area (Å²) in [4.78, 5) is 10.8. The zero-order chi connectivity index (χ0) is 13.8. The third-order valence-corrected chi connectivity index (χ3v) is 2.87. The maximum absolute atomic E-state index is 10.8. The van der Waals surface area contributed by atoms with Crippen LogP contribution in [0.5, 0.6) is 5.75 Å². The van der Waals surface area contributed by atoms with Gasteiger partial charge in [0.15, 0.2) is 12.4 Å². The summed E-state index contributed by atoms with van der Waals surface area (Å²) < 4.78 is 6.88. The van der Waals surface area contributed by atoms with Crippen LogP contribution in [0.15, 0.2) is 30.5 Å². The van der Waals surface area contributed by atoms with Crippen LogP contribution in [0.25, 0.3) is 0 Å². The lowest BCUT2D eigenvalue weighted by molar-refractivity contribution is 0.0688. The molecule has 1 N–H and O–H groups in total. The summed E-state index contributed by atoms with van der Waals surface area (Å²) in [5, 5.41) is 12.8. The van der Waals surface area contributed by atoms with Crippen LogP contribution in [0.1, 0.15) is 23.0 Å². The molecule has 0 radical (unpaired) electrons. The van der Waals surface area contributed by atoms with Gasteiger partial charge in [-0.2, -0.15) is 5.10 Å². The van der Waals surface area contributed by atoms with E-state index in [0.717, 1.165) is 6.42 Å². The zero-order valence-electron chi connectivity index (χ0n) is 10.3. The average Bonchev–Trinajstić information content (AvgIpc) is 2.78. The first-order chi connectivity index (χ1) is 9.10. The summed E-state index contributed by atoms with van der Waals surface area (Å²) in [5.74, 6) is -0.445. The van der Waals surface area contributed by atoms with Crippen LogP contribution in [-0.4, -0.2) is 20.9 Å². The lowest BCUT2D eigenvalue weighted by Crippen LogP contribution is -2.07. The second-order valence-corrected chi connectivity index (χ2v) is 4.35. The number of carbonyl (C=O) groups is 1. The van der Waals surface area contributed by atoms with Crippen molar-refractivity contribution in [3.8, 4) is 5.75 Å². The van der Waals surface area contributed by atoms with Crippen LogP contribution < -0.4 is 4.74 Å². The number of halogens is 1. The molecular weight excluding hydrogens is 268 g/mol. The third kappa shape index (κ3) is 3.26. The molecule has 0 saturated carbocycles. The first kappa shape index (κ1) is 13.4. The number of nitrogens with zero attached hydrogens (tertiary/aromatic N) is 2. The quantitative estimate of drug-likeness (QED) is 0.915. The number of aryl methyl sites for hydroxylation is 1. The van der Waals surface area contributed by atoms with Crippen molar-refractivity contribution in [3.63, 3.8) is 0 Å². The Kier molecular flexibility index (Phi) is 4.06. The molecule has 100 valence electrons. The molecule has 1 aromatic heterocycles. The predicted octanol–water partition coefficient (Wildman–Crippen LogP) is 2.83. The molecule has 0 atom stereocenters. The van der Waals surface area contributed by atoms with E-state index in [9.17, 15) is 4.79 Å². The van der Waals surface area contributed by atoms with Gasteiger partial charge >= 0.3 is 5.97 Å². The number of aromatic carboxylic acids is 1. The topological polar surface area (TPSA) is 64.3 Å². The van der Waals surface area contributed by atoms with Crippen LogP contribution in [0.2, 0.25) is 5.02 Å². The third-order valence-electron chi connectivity index (χ3n) is 2.59. The number of hydrogen-bond donors (Lipinski definition) is 1. The molecule has 0 bridgehead atoms. The summed E-state index contributed by atoms with van der Waals surface area (Å²) >= 11 is 5.75. The number of aromatic nitrogens is 2. The number of carboxylic acid groups (broad SMARTS) is 1. The fraction of sp³-hybridized carbons (Fsp3) is 0.231. The average molecular weight is 281 g/mol. The van der Waals surface area contributed by atoms with Gasteiger partial charge in [0.05, 0.1) is 5.02 Å². The largest absolute Gasteiger partial charge is 0.476 e. The molecule has 0 fully saturated rings. The molecule has 6 heteroatoms. The number of benzene rings is 1. The van der Waals surface area contributed by atoms with Gasteiger partial charge in [-0.15, -0.1) is 0 Å². The Bertz CT molecular complexity index is 595. The summed E-state index contributed by atoms with van der Waals surface area (Å²) in [6.45, 7) is 2.17. The van der Waals surface area contributed by atoms with Gasteiger partial charge in [0.1, 0.15) is 5.75 Å². The zero-order valence-corrected chi connectivity index (χ0v) is 11.1. The van der Waals surface area contributed by atoms with Crippen LogP contribution >= 0.6 is 11.6 Å². The minimum Gasteiger partial charge on any atom is -0.476 e. The second-order valence-electron chi connectivity index (χ2n) is 3.94. The van der Waals surface area contributed by atoms with Gasteiger partial charge < -0.3 is 9.84 Å². The van der Waals surface area contributed by atoms with Crippen molar-refractivity contribution in [2.75, 3.05) is 0 Å². The Morgan fingerprint density at radius 1 is 1.53 bits per heavy atom. The maximum Gasteiger partial charge on any atom is 0.357 e. The molecule has 0 unspecified atom stereocenters. The van der Waals surface area contributed by atoms with E-state index in [-0.39, 0.29) is 17.4 Å². The SMILES string of the molecule is CCc1cccc(OCn2cc(Cl)c(C(=O)O)n2)c1. The van der Waals surface area contributed by atoms with Crippen LogP contribution in [0, 0.1) is 0 Å². The van der Waals surface area contributed by atoms with E-state index in [1.165, 1.54) is 16.4 Å². The Morgan fingerprint density at radius 2 is 2.32 bits per heavy atom. The summed E-state index contributed by atoms with van der Waals surface area (Å²) in [6, 6.07) is 7.69. The minimum atomic E-state index is -1.16. The summed E-state index contributed by atoms with van der Waals surface area (Å²) in [6.07, 6.45) is 2.35. The van der Waals surface area contributed by atoms with E-state index < -0.39 is 5.97 Å². The van der Waals surface area contributed by atoms with E-state index >= 15 is 0 Å². The molecule has 1 heterocycles. The van der Waals surface area contributed by atoms with Gasteiger partial charge in [-0.3, -0.25) is 0 Å². The molecule has 5 nitrogen and oxygen atoms in total. The van der Waals surface area contributed by atoms with Crippen LogP contribution in [0.3, 0.4) is 0 Å². The molecule has 0 saturated heterocycles. The Hall–Kier alpha value is -2.01. The van der Waals surface area contributed by atoms with Gasteiger partial charge in [-0.25, -0.2) is 9.48 Å². The molecule has 1 aromatic carbocycles. The lowest BCUT2D eigenvalue weighted by atomic mass is 10.2. The molecule has 0 aliphatic rings. The number of ether oxygens (including phenoxy) is 1. The van der Waals surface area contributed by atoms with E-state index in [1.54, 1.807) is 0 Å². The number of hydrogen-bond acceptors (Lipinski definition) is 3. The standard InChI is InChI=1S/C13H13ClN2O3/c1-2-9-4-3-5-10(6-9)19-8-16-7-11(14)12(15-16)13(17)18/h3-7H,2,8H2,1H3,(H,17,18). The van der Waals surface area contributed by atoms with Crippen molar-refractivity contribution in [2.24, 2.45) is 0 Å². The minimum absolute atomic E-state index is 0.0957. The van der Waals surface area contributed by atoms with Gasteiger partial charge in [0.2, 0.25) is 0 Å². The highest BCUT2D eigenvalue weighted by molar-refractivity contribution is 6.33. The van der Waals surface area contributed by atoms with Crippen molar-refractivity contribution in [1.29, 1.82) is 0 Å². The molecule has 0 aliphatic carbocycles. The van der Waals surface area contributed by atoms with Crippen LogP contribution in [0.4, 0.5) is 0 Å². The van der Waals surface area contributed by atoms with Gasteiger partial charge in [0, 0.05) is 6.20 Å². The first-order valence-electron chi connectivity index (χ1n) is 5.78. The van der Waals surface area contributed by atoms with Crippen molar-refractivity contribution in [3.05, 3.63) is 46.7 Å². The van der Waals surface area contributed by atoms with Crippen molar-refractivity contribution < 1.29 is 14.6 Å². The molecule has 19 heavy (non-hydrogen) atoms. The van der Waals surface area contributed by atoms with Gasteiger partial charge in [-0.05, 0) is 24.1 Å². The normalized spacial score (nSPS) is 10.4. The highest BCUT2D eigenvalue weighted by Gasteiger charge is 2.13. The lowest BCUT2D eigenvalue weighted by Gasteiger charge is -2.07. The maximum atomic E-state index is 10.8. The Morgan fingerprint density at radius 3 is 2.95 bits per heavy atom. The fourth-order valence-corrected chi connectivity index (χ4v) is 1.84. The summed E-state index contributed by atoms with van der Waals surface area (Å²) in [5.41, 5.74) is 0.995. The molecular formula is C13H13ClN2O3. The monoisotopic (exact) mass is 280 g/mol.